The molecule has 0 radical (unpaired) electrons. The third-order valence-corrected chi connectivity index (χ3v) is 0.996. The smallest absolute Gasteiger partial charge is 0.300 e. The van der Waals surface area contributed by atoms with Gasteiger partial charge in [-0.15, -0.1) is 0 Å². The van der Waals surface area contributed by atoms with Gasteiger partial charge >= 0.3 is 17.1 Å². The summed E-state index contributed by atoms with van der Waals surface area (Å²) in [6, 6.07) is 0. The molecule has 0 aliphatic heterocycles. The second-order valence-corrected chi connectivity index (χ2v) is 3.16. The van der Waals surface area contributed by atoms with Crippen LogP contribution in [0.2, 0.25) is 0 Å². The van der Waals surface area contributed by atoms with Crippen LogP contribution in [0.25, 0.3) is 0 Å². The first-order chi connectivity index (χ1) is 6.25. The van der Waals surface area contributed by atoms with E-state index in [1.165, 1.54) is 27.7 Å². The van der Waals surface area contributed by atoms with Gasteiger partial charge in [0.2, 0.25) is 0 Å². The first kappa shape index (κ1) is 19.7. The third-order valence-electron chi connectivity index (χ3n) is 0.996. The van der Waals surface area contributed by atoms with Crippen molar-refractivity contribution in [3.8, 4) is 0 Å². The van der Waals surface area contributed by atoms with Crippen molar-refractivity contribution in [3.05, 3.63) is 0 Å². The van der Waals surface area contributed by atoms with Gasteiger partial charge in [-0.2, -0.15) is 0 Å². The molecule has 0 aromatic rings. The Kier molecular flexibility index (Phi) is 14.8. The Balaban J connectivity index is -0.000000180. The van der Waals surface area contributed by atoms with Crippen LogP contribution >= 0.6 is 0 Å². The Morgan fingerprint density at radius 1 is 0.600 bits per heavy atom. The molecule has 0 saturated heterocycles. The minimum absolute atomic E-state index is 0. The van der Waals surface area contributed by atoms with Crippen LogP contribution in [-0.2, 0) is 36.2 Å². The van der Waals surface area contributed by atoms with Crippen molar-refractivity contribution < 1.29 is 36.2 Å². The van der Waals surface area contributed by atoms with Gasteiger partial charge in [0, 0.05) is 0 Å². The van der Waals surface area contributed by atoms with Crippen molar-refractivity contribution in [1.29, 1.82) is 0 Å². The van der Waals surface area contributed by atoms with Gasteiger partial charge in [0.15, 0.2) is 0 Å². The molecule has 0 bridgehead atoms. The van der Waals surface area contributed by atoms with E-state index in [4.69, 9.17) is 0 Å². The van der Waals surface area contributed by atoms with Crippen molar-refractivity contribution in [3.63, 3.8) is 0 Å². The second kappa shape index (κ2) is 11.3. The Labute approximate surface area is 100 Å². The van der Waals surface area contributed by atoms with Crippen LogP contribution in [0, 0.1) is 0 Å². The molecule has 0 N–H and O–H groups in total. The molecule has 0 unspecified atom stereocenters. The van der Waals surface area contributed by atoms with Crippen LogP contribution < -0.4 is 0 Å². The quantitative estimate of drug-likeness (QED) is 0.558. The summed E-state index contributed by atoms with van der Waals surface area (Å²) in [6.45, 7) is 5.62. The van der Waals surface area contributed by atoms with Crippen LogP contribution in [0.4, 0.5) is 0 Å². The molecule has 0 aliphatic carbocycles. The van der Waals surface area contributed by atoms with Crippen molar-refractivity contribution >= 4 is 23.1 Å². The number of carbonyl (C=O) groups is 4. The number of carbonyl (C=O) groups excluding carboxylic acids is 4. The summed E-state index contributed by atoms with van der Waals surface area (Å²) >= 11 is 0. The average Bonchev–Trinajstić information content (AvgIpc) is 1.79. The van der Waals surface area contributed by atoms with Gasteiger partial charge < -0.3 is 0 Å². The summed E-state index contributed by atoms with van der Waals surface area (Å²) in [7, 11) is 0. The van der Waals surface area contributed by atoms with Gasteiger partial charge in [0.1, 0.15) is 23.1 Å². The van der Waals surface area contributed by atoms with Crippen LogP contribution in [0.15, 0.2) is 0 Å². The van der Waals surface area contributed by atoms with Crippen LogP contribution in [0.1, 0.15) is 40.5 Å². The van der Waals surface area contributed by atoms with E-state index < -0.39 is 0 Å². The number of hydrogen-bond acceptors (Lipinski definition) is 4. The summed E-state index contributed by atoms with van der Waals surface area (Å²) in [5.74, 6) is -0.250. The maximum Gasteiger partial charge on any atom is 2.00 e. The summed E-state index contributed by atoms with van der Waals surface area (Å²) in [6.07, 6.45) is 0.167. The van der Waals surface area contributed by atoms with E-state index in [2.05, 4.69) is 0 Å². The summed E-state index contributed by atoms with van der Waals surface area (Å²) in [5, 5.41) is 0. The molecule has 0 aliphatic rings. The molecule has 0 atom stereocenters. The zero-order chi connectivity index (χ0) is 11.7. The van der Waals surface area contributed by atoms with E-state index in [1.807, 2.05) is 0 Å². The maximum absolute atomic E-state index is 10.0. The minimum Gasteiger partial charge on any atom is -0.300 e. The summed E-state index contributed by atoms with van der Waals surface area (Å²) in [5.41, 5.74) is 0. The Morgan fingerprint density at radius 3 is 0.733 bits per heavy atom. The predicted molar refractivity (Wildman–Crippen MR) is 52.0 cm³/mol. The average molecular weight is 256 g/mol. The molecular formula is C10H16FeO4+2. The molecule has 0 amide bonds. The molecule has 0 fully saturated rings. The van der Waals surface area contributed by atoms with Crippen molar-refractivity contribution in [2.24, 2.45) is 0 Å². The van der Waals surface area contributed by atoms with Crippen LogP contribution in [0.5, 0.6) is 0 Å². The fraction of sp³-hybridized carbons (Fsp3) is 0.600. The van der Waals surface area contributed by atoms with Gasteiger partial charge in [-0.05, 0) is 27.7 Å². The standard InChI is InChI=1S/2C5H8O2.Fe/c2*1-4(6)3-5(2)7;/h2*3H2,1-2H3;/q;;+2. The van der Waals surface area contributed by atoms with Crippen LogP contribution in [0.3, 0.4) is 0 Å². The first-order valence-corrected chi connectivity index (χ1v) is 4.23. The summed E-state index contributed by atoms with van der Waals surface area (Å²) < 4.78 is 0. The van der Waals surface area contributed by atoms with Gasteiger partial charge in [0.25, 0.3) is 0 Å². The molecule has 0 rings (SSSR count). The van der Waals surface area contributed by atoms with E-state index in [1.54, 1.807) is 0 Å². The Bertz CT molecular complexity index is 196. The number of rotatable bonds is 4. The van der Waals surface area contributed by atoms with E-state index in [9.17, 15) is 19.2 Å². The number of Topliss-reactive ketones (excluding diaryl/α,β-unsaturated/α-hetero) is 4. The van der Waals surface area contributed by atoms with Crippen molar-refractivity contribution in [2.75, 3.05) is 0 Å². The predicted octanol–water partition coefficient (Wildman–Crippen LogP) is 1.11. The molecule has 15 heavy (non-hydrogen) atoms. The molecule has 0 aromatic carbocycles. The van der Waals surface area contributed by atoms with Crippen LogP contribution in [-0.4, -0.2) is 23.1 Å². The molecule has 86 valence electrons. The maximum atomic E-state index is 10.0. The van der Waals surface area contributed by atoms with Gasteiger partial charge in [0.05, 0.1) is 12.8 Å². The number of ketones is 4. The SMILES string of the molecule is CC(=O)CC(C)=O.CC(=O)CC(C)=O.[Fe+2]. The molecule has 5 heteroatoms. The molecule has 0 spiro atoms. The normalized spacial score (nSPS) is 7.73. The van der Waals surface area contributed by atoms with Crippen molar-refractivity contribution in [1.82, 2.24) is 0 Å². The molecule has 0 saturated carbocycles. The first-order valence-electron chi connectivity index (χ1n) is 4.23. The van der Waals surface area contributed by atoms with E-state index >= 15 is 0 Å². The van der Waals surface area contributed by atoms with Crippen molar-refractivity contribution in [2.45, 2.75) is 40.5 Å². The zero-order valence-corrected chi connectivity index (χ0v) is 10.5. The molecule has 0 heterocycles. The fourth-order valence-electron chi connectivity index (χ4n) is 0.701. The Hall–Kier alpha value is -0.801. The van der Waals surface area contributed by atoms with E-state index in [0.717, 1.165) is 0 Å². The zero-order valence-electron chi connectivity index (χ0n) is 9.40. The second-order valence-electron chi connectivity index (χ2n) is 3.16. The van der Waals surface area contributed by atoms with Gasteiger partial charge in [-0.3, -0.25) is 19.2 Å². The minimum atomic E-state index is -0.0625. The molecule has 0 aromatic heterocycles. The van der Waals surface area contributed by atoms with E-state index in [-0.39, 0.29) is 53.0 Å². The van der Waals surface area contributed by atoms with Gasteiger partial charge in [-0.25, -0.2) is 0 Å². The number of hydrogen-bond donors (Lipinski definition) is 0. The topological polar surface area (TPSA) is 68.3 Å². The molecule has 4 nitrogen and oxygen atoms in total. The van der Waals surface area contributed by atoms with E-state index in [0.29, 0.717) is 0 Å². The fourth-order valence-corrected chi connectivity index (χ4v) is 0.701. The summed E-state index contributed by atoms with van der Waals surface area (Å²) in [4.78, 5) is 40.1. The molecular weight excluding hydrogens is 240 g/mol. The third kappa shape index (κ3) is 31.9. The Morgan fingerprint density at radius 2 is 0.733 bits per heavy atom. The largest absolute Gasteiger partial charge is 2.00 e. The monoisotopic (exact) mass is 256 g/mol. The van der Waals surface area contributed by atoms with Gasteiger partial charge in [-0.1, -0.05) is 0 Å².